The van der Waals surface area contributed by atoms with E-state index in [1.165, 1.54) is 22.1 Å². The molecular formula is C17H27BrN2. The molecule has 112 valence electrons. The monoisotopic (exact) mass is 338 g/mol. The van der Waals surface area contributed by atoms with E-state index in [2.05, 4.69) is 72.0 Å². The molecule has 1 aromatic rings. The van der Waals surface area contributed by atoms with Gasteiger partial charge in [-0.3, -0.25) is 0 Å². The minimum Gasteiger partial charge on any atom is -0.366 e. The highest BCUT2D eigenvalue weighted by atomic mass is 79.9. The van der Waals surface area contributed by atoms with Crippen LogP contribution in [0.25, 0.3) is 0 Å². The second-order valence-corrected chi connectivity index (χ2v) is 7.28. The van der Waals surface area contributed by atoms with Gasteiger partial charge in [0.15, 0.2) is 0 Å². The van der Waals surface area contributed by atoms with E-state index >= 15 is 0 Å². The molecule has 1 N–H and O–H groups in total. The Labute approximate surface area is 132 Å². The number of halogens is 1. The van der Waals surface area contributed by atoms with Crippen LogP contribution in [0.2, 0.25) is 0 Å². The molecule has 20 heavy (non-hydrogen) atoms. The van der Waals surface area contributed by atoms with Gasteiger partial charge in [-0.25, -0.2) is 0 Å². The van der Waals surface area contributed by atoms with Crippen LogP contribution in [-0.2, 0) is 6.42 Å². The summed E-state index contributed by atoms with van der Waals surface area (Å²) in [4.78, 5) is 2.59. The van der Waals surface area contributed by atoms with Gasteiger partial charge in [-0.15, -0.1) is 0 Å². The summed E-state index contributed by atoms with van der Waals surface area (Å²) in [7, 11) is 0. The molecule has 2 unspecified atom stereocenters. The van der Waals surface area contributed by atoms with Gasteiger partial charge in [0.2, 0.25) is 0 Å². The first-order valence-corrected chi connectivity index (χ1v) is 8.59. The quantitative estimate of drug-likeness (QED) is 0.883. The topological polar surface area (TPSA) is 15.3 Å². The van der Waals surface area contributed by atoms with Gasteiger partial charge in [0.05, 0.1) is 0 Å². The van der Waals surface area contributed by atoms with Gasteiger partial charge in [-0.1, -0.05) is 36.7 Å². The summed E-state index contributed by atoms with van der Waals surface area (Å²) in [5, 5.41) is 3.70. The molecular weight excluding hydrogens is 312 g/mol. The van der Waals surface area contributed by atoms with Crippen molar-refractivity contribution in [1.82, 2.24) is 5.32 Å². The zero-order valence-corrected chi connectivity index (χ0v) is 14.7. The third-order valence-electron chi connectivity index (χ3n) is 4.14. The molecule has 0 saturated carbocycles. The van der Waals surface area contributed by atoms with Crippen LogP contribution in [-0.4, -0.2) is 25.2 Å². The van der Waals surface area contributed by atoms with Crippen molar-refractivity contribution in [3.8, 4) is 0 Å². The minimum atomic E-state index is 0.560. The van der Waals surface area contributed by atoms with E-state index in [0.29, 0.717) is 12.1 Å². The molecule has 1 aromatic carbocycles. The maximum absolute atomic E-state index is 3.70. The van der Waals surface area contributed by atoms with Crippen molar-refractivity contribution in [2.24, 2.45) is 5.92 Å². The molecule has 2 rings (SSSR count). The Morgan fingerprint density at radius 2 is 2.15 bits per heavy atom. The smallest absolute Gasteiger partial charge is 0.0402 e. The Morgan fingerprint density at radius 1 is 1.40 bits per heavy atom. The van der Waals surface area contributed by atoms with Crippen molar-refractivity contribution in [2.75, 3.05) is 18.0 Å². The van der Waals surface area contributed by atoms with Crippen molar-refractivity contribution >= 4 is 21.6 Å². The Kier molecular flexibility index (Phi) is 5.50. The van der Waals surface area contributed by atoms with Gasteiger partial charge >= 0.3 is 0 Å². The molecule has 3 heteroatoms. The SMILES string of the molecule is CCc1cc(Br)ccc1N1CC(CC(C)C)NCC1C. The van der Waals surface area contributed by atoms with Crippen LogP contribution in [0.3, 0.4) is 0 Å². The van der Waals surface area contributed by atoms with Gasteiger partial charge < -0.3 is 10.2 Å². The summed E-state index contributed by atoms with van der Waals surface area (Å²) in [5.74, 6) is 0.748. The van der Waals surface area contributed by atoms with Gasteiger partial charge in [-0.05, 0) is 49.4 Å². The Hall–Kier alpha value is -0.540. The summed E-state index contributed by atoms with van der Waals surface area (Å²) in [6, 6.07) is 7.88. The zero-order valence-electron chi connectivity index (χ0n) is 13.1. The van der Waals surface area contributed by atoms with E-state index in [1.807, 2.05) is 0 Å². The average Bonchev–Trinajstić information content (AvgIpc) is 2.40. The largest absolute Gasteiger partial charge is 0.366 e. The molecule has 0 spiro atoms. The van der Waals surface area contributed by atoms with Crippen LogP contribution in [0.1, 0.15) is 39.7 Å². The lowest BCUT2D eigenvalue weighted by Gasteiger charge is -2.42. The van der Waals surface area contributed by atoms with E-state index in [0.717, 1.165) is 25.4 Å². The Balaban J connectivity index is 2.20. The summed E-state index contributed by atoms with van der Waals surface area (Å²) >= 11 is 3.59. The molecule has 2 atom stereocenters. The molecule has 1 fully saturated rings. The molecule has 1 aliphatic heterocycles. The van der Waals surface area contributed by atoms with Gasteiger partial charge in [0.1, 0.15) is 0 Å². The van der Waals surface area contributed by atoms with E-state index in [-0.39, 0.29) is 0 Å². The van der Waals surface area contributed by atoms with Crippen molar-refractivity contribution in [3.05, 3.63) is 28.2 Å². The maximum atomic E-state index is 3.70. The number of nitrogens with one attached hydrogen (secondary N) is 1. The van der Waals surface area contributed by atoms with Gasteiger partial charge in [0, 0.05) is 35.3 Å². The maximum Gasteiger partial charge on any atom is 0.0402 e. The first-order valence-electron chi connectivity index (χ1n) is 7.79. The van der Waals surface area contributed by atoms with Crippen molar-refractivity contribution < 1.29 is 0 Å². The third-order valence-corrected chi connectivity index (χ3v) is 4.63. The fourth-order valence-corrected chi connectivity index (χ4v) is 3.52. The number of aryl methyl sites for hydroxylation is 1. The normalized spacial score (nSPS) is 23.4. The average molecular weight is 339 g/mol. The predicted octanol–water partition coefficient (Wildman–Crippen LogP) is 4.22. The highest BCUT2D eigenvalue weighted by molar-refractivity contribution is 9.10. The standard InChI is InChI=1S/C17H27BrN2/c1-5-14-9-15(18)6-7-17(14)20-11-16(8-12(2)3)19-10-13(20)4/h6-7,9,12-13,16,19H,5,8,10-11H2,1-4H3. The number of nitrogens with zero attached hydrogens (tertiary/aromatic N) is 1. The molecule has 1 aliphatic rings. The number of hydrogen-bond donors (Lipinski definition) is 1. The predicted molar refractivity (Wildman–Crippen MR) is 91.6 cm³/mol. The number of benzene rings is 1. The van der Waals surface area contributed by atoms with E-state index in [1.54, 1.807) is 0 Å². The van der Waals surface area contributed by atoms with E-state index in [4.69, 9.17) is 0 Å². The number of anilines is 1. The first-order chi connectivity index (χ1) is 9.51. The second kappa shape index (κ2) is 6.95. The first kappa shape index (κ1) is 15.8. The third kappa shape index (κ3) is 3.76. The molecule has 0 bridgehead atoms. The number of hydrogen-bond acceptors (Lipinski definition) is 2. The lowest BCUT2D eigenvalue weighted by molar-refractivity contribution is 0.355. The Morgan fingerprint density at radius 3 is 2.80 bits per heavy atom. The van der Waals surface area contributed by atoms with E-state index < -0.39 is 0 Å². The van der Waals surface area contributed by atoms with Crippen LogP contribution < -0.4 is 10.2 Å². The lowest BCUT2D eigenvalue weighted by atomic mass is 9.98. The highest BCUT2D eigenvalue weighted by Crippen LogP contribution is 2.28. The van der Waals surface area contributed by atoms with Crippen LogP contribution in [0.15, 0.2) is 22.7 Å². The Bertz CT molecular complexity index is 445. The fourth-order valence-electron chi connectivity index (χ4n) is 3.11. The van der Waals surface area contributed by atoms with Crippen LogP contribution in [0, 0.1) is 5.92 Å². The fraction of sp³-hybridized carbons (Fsp3) is 0.647. The number of rotatable bonds is 4. The molecule has 0 aromatic heterocycles. The highest BCUT2D eigenvalue weighted by Gasteiger charge is 2.26. The molecule has 2 nitrogen and oxygen atoms in total. The van der Waals surface area contributed by atoms with Crippen molar-refractivity contribution in [2.45, 2.75) is 52.6 Å². The minimum absolute atomic E-state index is 0.560. The zero-order chi connectivity index (χ0) is 14.7. The van der Waals surface area contributed by atoms with Crippen LogP contribution in [0.5, 0.6) is 0 Å². The van der Waals surface area contributed by atoms with Gasteiger partial charge in [-0.2, -0.15) is 0 Å². The summed E-state index contributed by atoms with van der Waals surface area (Å²) in [5.41, 5.74) is 2.86. The van der Waals surface area contributed by atoms with E-state index in [9.17, 15) is 0 Å². The van der Waals surface area contributed by atoms with Crippen molar-refractivity contribution in [3.63, 3.8) is 0 Å². The van der Waals surface area contributed by atoms with Crippen LogP contribution in [0.4, 0.5) is 5.69 Å². The van der Waals surface area contributed by atoms with Crippen LogP contribution >= 0.6 is 15.9 Å². The summed E-state index contributed by atoms with van der Waals surface area (Å²) in [6.07, 6.45) is 2.33. The second-order valence-electron chi connectivity index (χ2n) is 6.36. The van der Waals surface area contributed by atoms with Crippen molar-refractivity contribution in [1.29, 1.82) is 0 Å². The van der Waals surface area contributed by atoms with Gasteiger partial charge in [0.25, 0.3) is 0 Å². The molecule has 0 aliphatic carbocycles. The molecule has 0 radical (unpaired) electrons. The molecule has 0 amide bonds. The molecule has 1 saturated heterocycles. The summed E-state index contributed by atoms with van der Waals surface area (Å²) in [6.45, 7) is 11.4. The lowest BCUT2D eigenvalue weighted by Crippen LogP contribution is -2.56. The molecule has 1 heterocycles. The summed E-state index contributed by atoms with van der Waals surface area (Å²) < 4.78 is 1.18. The number of piperazine rings is 1.